The highest BCUT2D eigenvalue weighted by Crippen LogP contribution is 2.32. The van der Waals surface area contributed by atoms with Crippen LogP contribution in [0.5, 0.6) is 0 Å². The zero-order valence-electron chi connectivity index (χ0n) is 13.2. The zero-order valence-corrected chi connectivity index (χ0v) is 14.0. The number of aliphatic hydroxyl groups is 1. The second-order valence-corrected chi connectivity index (χ2v) is 6.88. The maximum atomic E-state index is 10.4. The summed E-state index contributed by atoms with van der Waals surface area (Å²) >= 11 is 1.74. The van der Waals surface area contributed by atoms with Gasteiger partial charge >= 0.3 is 0 Å². The summed E-state index contributed by atoms with van der Waals surface area (Å²) in [6, 6.07) is 8.37. The summed E-state index contributed by atoms with van der Waals surface area (Å²) in [5.74, 6) is 0. The van der Waals surface area contributed by atoms with Crippen LogP contribution < -0.4 is 0 Å². The number of hydrogen-bond acceptors (Lipinski definition) is 2. The molecule has 1 N–H and O–H groups in total. The van der Waals surface area contributed by atoms with E-state index in [9.17, 15) is 5.11 Å². The van der Waals surface area contributed by atoms with E-state index >= 15 is 0 Å². The lowest BCUT2D eigenvalue weighted by Gasteiger charge is -2.09. The molecule has 21 heavy (non-hydrogen) atoms. The molecule has 0 bridgehead atoms. The molecule has 0 spiro atoms. The first-order valence-electron chi connectivity index (χ1n) is 8.47. The van der Waals surface area contributed by atoms with Gasteiger partial charge in [-0.25, -0.2) is 0 Å². The molecule has 0 aliphatic heterocycles. The highest BCUT2D eigenvalue weighted by molar-refractivity contribution is 7.17. The van der Waals surface area contributed by atoms with Gasteiger partial charge in [0.1, 0.15) is 0 Å². The van der Waals surface area contributed by atoms with Crippen molar-refractivity contribution in [3.05, 3.63) is 35.2 Å². The minimum absolute atomic E-state index is 0.291. The monoisotopic (exact) mass is 304 g/mol. The second kappa shape index (κ2) is 9.22. The topological polar surface area (TPSA) is 20.2 Å². The van der Waals surface area contributed by atoms with E-state index in [1.54, 1.807) is 11.3 Å². The Morgan fingerprint density at radius 3 is 2.38 bits per heavy atom. The first kappa shape index (κ1) is 16.5. The van der Waals surface area contributed by atoms with Crippen molar-refractivity contribution in [3.8, 4) is 0 Å². The Hall–Kier alpha value is -0.860. The molecule has 2 aromatic rings. The minimum Gasteiger partial charge on any atom is -0.388 e. The van der Waals surface area contributed by atoms with Gasteiger partial charge in [0.25, 0.3) is 0 Å². The molecule has 0 fully saturated rings. The largest absolute Gasteiger partial charge is 0.388 e. The van der Waals surface area contributed by atoms with E-state index in [-0.39, 0.29) is 6.10 Å². The second-order valence-electron chi connectivity index (χ2n) is 5.97. The van der Waals surface area contributed by atoms with Crippen molar-refractivity contribution >= 4 is 21.4 Å². The smallest absolute Gasteiger partial charge is 0.0804 e. The summed E-state index contributed by atoms with van der Waals surface area (Å²) in [7, 11) is 0. The molecule has 1 heterocycles. The van der Waals surface area contributed by atoms with Gasteiger partial charge in [0, 0.05) is 4.70 Å². The molecular weight excluding hydrogens is 276 g/mol. The van der Waals surface area contributed by atoms with E-state index in [1.807, 2.05) is 0 Å². The predicted octanol–water partition coefficient (Wildman–Crippen LogP) is 6.47. The van der Waals surface area contributed by atoms with E-state index in [0.717, 1.165) is 18.4 Å². The van der Waals surface area contributed by atoms with E-state index in [0.29, 0.717) is 0 Å². The van der Waals surface area contributed by atoms with E-state index < -0.39 is 0 Å². The van der Waals surface area contributed by atoms with Crippen molar-refractivity contribution in [2.45, 2.75) is 70.8 Å². The summed E-state index contributed by atoms with van der Waals surface area (Å²) in [4.78, 5) is 0. The van der Waals surface area contributed by atoms with Crippen LogP contribution in [-0.2, 0) is 0 Å². The highest BCUT2D eigenvalue weighted by Gasteiger charge is 2.12. The summed E-state index contributed by atoms with van der Waals surface area (Å²) < 4.78 is 1.28. The lowest BCUT2D eigenvalue weighted by Crippen LogP contribution is -1.96. The average molecular weight is 304 g/mol. The lowest BCUT2D eigenvalue weighted by atomic mass is 10.0. The molecule has 0 amide bonds. The van der Waals surface area contributed by atoms with Gasteiger partial charge in [-0.05, 0) is 28.8 Å². The van der Waals surface area contributed by atoms with Crippen LogP contribution in [0.3, 0.4) is 0 Å². The van der Waals surface area contributed by atoms with Gasteiger partial charge in [0.2, 0.25) is 0 Å². The number of benzene rings is 1. The Morgan fingerprint density at radius 1 is 0.952 bits per heavy atom. The van der Waals surface area contributed by atoms with Gasteiger partial charge in [-0.3, -0.25) is 0 Å². The Balaban J connectivity index is 1.67. The molecule has 1 atom stereocenters. The van der Waals surface area contributed by atoms with Crippen LogP contribution >= 0.6 is 11.3 Å². The third-order valence-corrected chi connectivity index (χ3v) is 5.18. The Kier molecular flexibility index (Phi) is 7.25. The van der Waals surface area contributed by atoms with Crippen molar-refractivity contribution in [2.24, 2.45) is 0 Å². The molecule has 1 aromatic heterocycles. The third-order valence-electron chi connectivity index (χ3n) is 4.20. The third kappa shape index (κ3) is 5.12. The van der Waals surface area contributed by atoms with Gasteiger partial charge in [-0.15, -0.1) is 11.3 Å². The zero-order chi connectivity index (χ0) is 14.9. The molecule has 1 unspecified atom stereocenters. The molecule has 2 rings (SSSR count). The Morgan fingerprint density at radius 2 is 1.62 bits per heavy atom. The fourth-order valence-corrected chi connectivity index (χ4v) is 3.89. The van der Waals surface area contributed by atoms with Crippen LogP contribution in [0.15, 0.2) is 29.6 Å². The quantitative estimate of drug-likeness (QED) is 0.499. The normalized spacial score (nSPS) is 12.9. The standard InChI is InChI=1S/C19H28OS/c1-2-3-4-5-6-7-8-9-13-18(20)17-15-21-19-14-11-10-12-16(17)19/h10-12,14-15,18,20H,2-9,13H2,1H3. The van der Waals surface area contributed by atoms with Gasteiger partial charge in [0.15, 0.2) is 0 Å². The number of aliphatic hydroxyl groups excluding tert-OH is 1. The van der Waals surface area contributed by atoms with Crippen molar-refractivity contribution in [1.82, 2.24) is 0 Å². The molecular formula is C19H28OS. The van der Waals surface area contributed by atoms with Crippen LogP contribution in [-0.4, -0.2) is 5.11 Å². The predicted molar refractivity (Wildman–Crippen MR) is 94.0 cm³/mol. The number of thiophene rings is 1. The number of hydrogen-bond donors (Lipinski definition) is 1. The minimum atomic E-state index is -0.291. The first-order valence-corrected chi connectivity index (χ1v) is 9.35. The van der Waals surface area contributed by atoms with Gasteiger partial charge in [-0.1, -0.05) is 76.5 Å². The summed E-state index contributed by atoms with van der Waals surface area (Å²) in [6.45, 7) is 2.26. The number of unbranched alkanes of at least 4 members (excludes halogenated alkanes) is 7. The van der Waals surface area contributed by atoms with Gasteiger partial charge in [-0.2, -0.15) is 0 Å². The molecule has 2 heteroatoms. The van der Waals surface area contributed by atoms with E-state index in [2.05, 4.69) is 36.6 Å². The van der Waals surface area contributed by atoms with Crippen molar-refractivity contribution in [1.29, 1.82) is 0 Å². The number of rotatable bonds is 10. The molecule has 0 aliphatic carbocycles. The summed E-state index contributed by atoms with van der Waals surface area (Å²) in [6.07, 6.45) is 11.1. The first-order chi connectivity index (χ1) is 10.3. The van der Waals surface area contributed by atoms with Gasteiger partial charge < -0.3 is 5.11 Å². The Labute approximate surface area is 133 Å². The molecule has 116 valence electrons. The SMILES string of the molecule is CCCCCCCCCCC(O)c1csc2ccccc12. The maximum absolute atomic E-state index is 10.4. The highest BCUT2D eigenvalue weighted by atomic mass is 32.1. The molecule has 0 saturated heterocycles. The molecule has 1 aromatic carbocycles. The molecule has 1 nitrogen and oxygen atoms in total. The lowest BCUT2D eigenvalue weighted by molar-refractivity contribution is 0.165. The van der Waals surface area contributed by atoms with Crippen LogP contribution in [0.1, 0.15) is 76.4 Å². The summed E-state index contributed by atoms with van der Waals surface area (Å²) in [5.41, 5.74) is 1.12. The average Bonchev–Trinajstić information content (AvgIpc) is 2.94. The summed E-state index contributed by atoms with van der Waals surface area (Å²) in [5, 5.41) is 13.7. The molecule has 0 aliphatic rings. The van der Waals surface area contributed by atoms with Crippen LogP contribution in [0.4, 0.5) is 0 Å². The van der Waals surface area contributed by atoms with Crippen LogP contribution in [0.25, 0.3) is 10.1 Å². The molecule has 0 saturated carbocycles. The Bertz CT molecular complexity index is 517. The molecule has 0 radical (unpaired) electrons. The number of fused-ring (bicyclic) bond motifs is 1. The van der Waals surface area contributed by atoms with Gasteiger partial charge in [0.05, 0.1) is 6.10 Å². The van der Waals surface area contributed by atoms with Crippen molar-refractivity contribution < 1.29 is 5.11 Å². The fraction of sp³-hybridized carbons (Fsp3) is 0.579. The van der Waals surface area contributed by atoms with Crippen molar-refractivity contribution in [3.63, 3.8) is 0 Å². The maximum Gasteiger partial charge on any atom is 0.0804 e. The van der Waals surface area contributed by atoms with E-state index in [4.69, 9.17) is 0 Å². The van der Waals surface area contributed by atoms with Crippen LogP contribution in [0.2, 0.25) is 0 Å². The van der Waals surface area contributed by atoms with Crippen molar-refractivity contribution in [2.75, 3.05) is 0 Å². The fourth-order valence-electron chi connectivity index (χ4n) is 2.88. The van der Waals surface area contributed by atoms with E-state index in [1.165, 1.54) is 55.0 Å². The van der Waals surface area contributed by atoms with Crippen LogP contribution in [0, 0.1) is 0 Å².